The molecule has 0 heterocycles. The van der Waals surface area contributed by atoms with E-state index >= 15 is 0 Å². The van der Waals surface area contributed by atoms with Crippen molar-refractivity contribution in [2.45, 2.75) is 32.7 Å². The smallest absolute Gasteiger partial charge is 0.223 e. The van der Waals surface area contributed by atoms with Crippen LogP contribution in [-0.4, -0.2) is 23.4 Å². The lowest BCUT2D eigenvalue weighted by atomic mass is 10.1. The van der Waals surface area contributed by atoms with Crippen LogP contribution >= 0.6 is 0 Å². The average molecular weight is 246 g/mol. The molecule has 0 saturated heterocycles. The van der Waals surface area contributed by atoms with E-state index in [1.165, 1.54) is 0 Å². The van der Waals surface area contributed by atoms with Crippen molar-refractivity contribution in [2.24, 2.45) is 0 Å². The number of aryl methyl sites for hydroxylation is 1. The highest BCUT2D eigenvalue weighted by Crippen LogP contribution is 2.14. The lowest BCUT2D eigenvalue weighted by molar-refractivity contribution is -0.132. The normalized spacial score (nSPS) is 10.4. The molecule has 3 nitrogen and oxygen atoms in total. The van der Waals surface area contributed by atoms with Gasteiger partial charge in [0, 0.05) is 24.7 Å². The zero-order valence-corrected chi connectivity index (χ0v) is 11.2. The van der Waals surface area contributed by atoms with Crippen LogP contribution < -0.4 is 5.73 Å². The van der Waals surface area contributed by atoms with Gasteiger partial charge in [0.05, 0.1) is 0 Å². The van der Waals surface area contributed by atoms with Gasteiger partial charge in [0.1, 0.15) is 0 Å². The van der Waals surface area contributed by atoms with Gasteiger partial charge in [-0.1, -0.05) is 24.3 Å². The fourth-order valence-corrected chi connectivity index (χ4v) is 1.89. The predicted octanol–water partition coefficient (Wildman–Crippen LogP) is 2.62. The summed E-state index contributed by atoms with van der Waals surface area (Å²) >= 11 is 0. The first kappa shape index (κ1) is 14.3. The molecule has 0 aliphatic heterocycles. The minimum Gasteiger partial charge on any atom is -0.399 e. The summed E-state index contributed by atoms with van der Waals surface area (Å²) < 4.78 is 0. The summed E-state index contributed by atoms with van der Waals surface area (Å²) in [4.78, 5) is 13.9. The number of hydrogen-bond donors (Lipinski definition) is 1. The summed E-state index contributed by atoms with van der Waals surface area (Å²) in [7, 11) is 0. The van der Waals surface area contributed by atoms with Crippen LogP contribution in [0.15, 0.2) is 36.9 Å². The molecule has 1 aromatic rings. The van der Waals surface area contributed by atoms with Gasteiger partial charge in [-0.3, -0.25) is 4.79 Å². The lowest BCUT2D eigenvalue weighted by Gasteiger charge is -2.25. The highest BCUT2D eigenvalue weighted by atomic mass is 16.2. The topological polar surface area (TPSA) is 46.3 Å². The van der Waals surface area contributed by atoms with Gasteiger partial charge in [-0.2, -0.15) is 0 Å². The van der Waals surface area contributed by atoms with Gasteiger partial charge < -0.3 is 10.6 Å². The van der Waals surface area contributed by atoms with Crippen molar-refractivity contribution >= 4 is 11.6 Å². The number of anilines is 1. The van der Waals surface area contributed by atoms with Gasteiger partial charge >= 0.3 is 0 Å². The number of hydrogen-bond acceptors (Lipinski definition) is 2. The molecule has 1 aromatic carbocycles. The number of benzene rings is 1. The molecule has 0 aliphatic carbocycles. The summed E-state index contributed by atoms with van der Waals surface area (Å²) in [6, 6.07) is 7.88. The number of rotatable bonds is 6. The maximum Gasteiger partial charge on any atom is 0.223 e. The summed E-state index contributed by atoms with van der Waals surface area (Å²) in [6.45, 7) is 8.31. The number of para-hydroxylation sites is 1. The zero-order chi connectivity index (χ0) is 13.5. The predicted molar refractivity (Wildman–Crippen MR) is 76.2 cm³/mol. The standard InChI is InChI=1S/C15H22N2O/c1-4-11-17(12(2)3)15(18)10-9-13-7-5-6-8-14(13)16/h4-8,12H,1,9-11,16H2,2-3H3. The third kappa shape index (κ3) is 3.91. The van der Waals surface area contributed by atoms with Gasteiger partial charge in [-0.25, -0.2) is 0 Å². The third-order valence-corrected chi connectivity index (χ3v) is 2.93. The Morgan fingerprint density at radius 3 is 2.67 bits per heavy atom. The quantitative estimate of drug-likeness (QED) is 0.619. The van der Waals surface area contributed by atoms with Crippen molar-refractivity contribution in [3.05, 3.63) is 42.5 Å². The van der Waals surface area contributed by atoms with Gasteiger partial charge in [-0.05, 0) is 31.9 Å². The van der Waals surface area contributed by atoms with Crippen LogP contribution in [0.2, 0.25) is 0 Å². The van der Waals surface area contributed by atoms with Crippen molar-refractivity contribution in [2.75, 3.05) is 12.3 Å². The molecule has 0 fully saturated rings. The van der Waals surface area contributed by atoms with E-state index in [-0.39, 0.29) is 11.9 Å². The molecule has 2 N–H and O–H groups in total. The molecule has 0 aliphatic rings. The van der Waals surface area contributed by atoms with Gasteiger partial charge in [-0.15, -0.1) is 6.58 Å². The Bertz CT molecular complexity index is 413. The Labute approximate surface area is 109 Å². The monoisotopic (exact) mass is 246 g/mol. The Balaban J connectivity index is 2.59. The number of amides is 1. The minimum atomic E-state index is 0.146. The molecule has 3 heteroatoms. The van der Waals surface area contributed by atoms with Crippen molar-refractivity contribution in [3.63, 3.8) is 0 Å². The summed E-state index contributed by atoms with van der Waals surface area (Å²) in [6.07, 6.45) is 2.93. The van der Waals surface area contributed by atoms with Crippen molar-refractivity contribution in [3.8, 4) is 0 Å². The molecule has 0 aromatic heterocycles. The lowest BCUT2D eigenvalue weighted by Crippen LogP contribution is -2.37. The molecule has 0 spiro atoms. The Morgan fingerprint density at radius 1 is 1.44 bits per heavy atom. The van der Waals surface area contributed by atoms with Crippen LogP contribution in [0.4, 0.5) is 5.69 Å². The largest absolute Gasteiger partial charge is 0.399 e. The van der Waals surface area contributed by atoms with E-state index in [0.29, 0.717) is 19.4 Å². The van der Waals surface area contributed by atoms with Crippen LogP contribution in [0.1, 0.15) is 25.8 Å². The second kappa shape index (κ2) is 6.84. The van der Waals surface area contributed by atoms with E-state index in [1.807, 2.05) is 43.0 Å². The molecule has 0 atom stereocenters. The first-order chi connectivity index (χ1) is 8.56. The third-order valence-electron chi connectivity index (χ3n) is 2.93. The van der Waals surface area contributed by atoms with Gasteiger partial charge in [0.2, 0.25) is 5.91 Å². The van der Waals surface area contributed by atoms with Crippen LogP contribution in [0.25, 0.3) is 0 Å². The number of nitrogens with two attached hydrogens (primary N) is 1. The summed E-state index contributed by atoms with van der Waals surface area (Å²) in [5.74, 6) is 0.146. The number of nitrogens with zero attached hydrogens (tertiary/aromatic N) is 1. The second-order valence-electron chi connectivity index (χ2n) is 4.63. The molecule has 1 rings (SSSR count). The van der Waals surface area contributed by atoms with Gasteiger partial charge in [0.15, 0.2) is 0 Å². The Hall–Kier alpha value is -1.77. The van der Waals surface area contributed by atoms with Crippen LogP contribution in [-0.2, 0) is 11.2 Å². The summed E-state index contributed by atoms with van der Waals surface area (Å²) in [5, 5.41) is 0. The van der Waals surface area contributed by atoms with E-state index in [4.69, 9.17) is 5.73 Å². The molecule has 0 bridgehead atoms. The van der Waals surface area contributed by atoms with Gasteiger partial charge in [0.25, 0.3) is 0 Å². The SMILES string of the molecule is C=CCN(C(=O)CCc1ccccc1N)C(C)C. The molecular weight excluding hydrogens is 224 g/mol. The van der Waals surface area contributed by atoms with E-state index in [2.05, 4.69) is 6.58 Å². The Kier molecular flexibility index (Phi) is 5.43. The molecule has 0 saturated carbocycles. The molecule has 98 valence electrons. The molecular formula is C15H22N2O. The molecule has 18 heavy (non-hydrogen) atoms. The highest BCUT2D eigenvalue weighted by molar-refractivity contribution is 5.77. The van der Waals surface area contributed by atoms with E-state index < -0.39 is 0 Å². The number of carbonyl (C=O) groups is 1. The molecule has 0 radical (unpaired) electrons. The second-order valence-corrected chi connectivity index (χ2v) is 4.63. The van der Waals surface area contributed by atoms with Crippen LogP contribution in [0, 0.1) is 0 Å². The van der Waals surface area contributed by atoms with Crippen molar-refractivity contribution < 1.29 is 4.79 Å². The molecule has 0 unspecified atom stereocenters. The van der Waals surface area contributed by atoms with Crippen molar-refractivity contribution in [1.29, 1.82) is 0 Å². The Morgan fingerprint density at radius 2 is 2.11 bits per heavy atom. The first-order valence-corrected chi connectivity index (χ1v) is 6.30. The minimum absolute atomic E-state index is 0.146. The fraction of sp³-hybridized carbons (Fsp3) is 0.400. The average Bonchev–Trinajstić information content (AvgIpc) is 2.34. The van der Waals surface area contributed by atoms with Crippen molar-refractivity contribution in [1.82, 2.24) is 4.90 Å². The molecule has 1 amide bonds. The fourth-order valence-electron chi connectivity index (χ4n) is 1.89. The maximum atomic E-state index is 12.1. The van der Waals surface area contributed by atoms with Crippen LogP contribution in [0.5, 0.6) is 0 Å². The summed E-state index contributed by atoms with van der Waals surface area (Å²) in [5.41, 5.74) is 7.65. The van der Waals surface area contributed by atoms with E-state index in [1.54, 1.807) is 6.08 Å². The van der Waals surface area contributed by atoms with Crippen LogP contribution in [0.3, 0.4) is 0 Å². The van der Waals surface area contributed by atoms with E-state index in [0.717, 1.165) is 11.3 Å². The maximum absolute atomic E-state index is 12.1. The number of carbonyl (C=O) groups excluding carboxylic acids is 1. The first-order valence-electron chi connectivity index (χ1n) is 6.30. The zero-order valence-electron chi connectivity index (χ0n) is 11.2. The van der Waals surface area contributed by atoms with E-state index in [9.17, 15) is 4.79 Å². The highest BCUT2D eigenvalue weighted by Gasteiger charge is 2.15. The number of nitrogen functional groups attached to an aromatic ring is 1.